The molecular formula is C8H8F6O4. The first-order chi connectivity index (χ1) is 7.99. The summed E-state index contributed by atoms with van der Waals surface area (Å²) in [7, 11) is 0. The minimum Gasteiger partial charge on any atom is -0.373 e. The standard InChI is InChI=1S/C8H8F6O4/c9-7(10,11)17-5(15)3-1-2-4-6(16)18-8(12,13)14/h1-4H2. The lowest BCUT2D eigenvalue weighted by Crippen LogP contribution is -2.20. The zero-order chi connectivity index (χ0) is 14.4. The summed E-state index contributed by atoms with van der Waals surface area (Å²) in [5, 5.41) is 0. The van der Waals surface area contributed by atoms with Crippen LogP contribution in [0.4, 0.5) is 26.3 Å². The number of hydrogen-bond acceptors (Lipinski definition) is 4. The van der Waals surface area contributed by atoms with Gasteiger partial charge in [-0.1, -0.05) is 0 Å². The maximum atomic E-state index is 11.5. The van der Waals surface area contributed by atoms with Crippen molar-refractivity contribution in [1.82, 2.24) is 0 Å². The molecule has 0 aliphatic carbocycles. The van der Waals surface area contributed by atoms with Gasteiger partial charge >= 0.3 is 24.7 Å². The predicted octanol–water partition coefficient (Wildman–Crippen LogP) is 2.67. The Balaban J connectivity index is 3.69. The third-order valence-corrected chi connectivity index (χ3v) is 1.47. The van der Waals surface area contributed by atoms with E-state index in [1.807, 2.05) is 0 Å². The Bertz CT molecular complexity index is 265. The molecule has 0 bridgehead atoms. The molecule has 0 aromatic rings. The van der Waals surface area contributed by atoms with E-state index in [9.17, 15) is 35.9 Å². The van der Waals surface area contributed by atoms with Crippen LogP contribution in [0.2, 0.25) is 0 Å². The van der Waals surface area contributed by atoms with Crippen LogP contribution < -0.4 is 0 Å². The number of esters is 2. The highest BCUT2D eigenvalue weighted by Gasteiger charge is 2.34. The molecule has 0 amide bonds. The van der Waals surface area contributed by atoms with E-state index < -0.39 is 37.5 Å². The summed E-state index contributed by atoms with van der Waals surface area (Å²) in [6, 6.07) is 0. The maximum absolute atomic E-state index is 11.5. The summed E-state index contributed by atoms with van der Waals surface area (Å²) in [5.41, 5.74) is 0. The number of ether oxygens (including phenoxy) is 2. The smallest absolute Gasteiger partial charge is 0.373 e. The van der Waals surface area contributed by atoms with Crippen LogP contribution in [-0.2, 0) is 19.1 Å². The quantitative estimate of drug-likeness (QED) is 0.442. The van der Waals surface area contributed by atoms with Gasteiger partial charge in [0.2, 0.25) is 0 Å². The summed E-state index contributed by atoms with van der Waals surface area (Å²) >= 11 is 0. The molecule has 0 saturated heterocycles. The van der Waals surface area contributed by atoms with Crippen molar-refractivity contribution in [3.05, 3.63) is 0 Å². The van der Waals surface area contributed by atoms with Crippen molar-refractivity contribution in [2.24, 2.45) is 0 Å². The first-order valence-corrected chi connectivity index (χ1v) is 4.57. The van der Waals surface area contributed by atoms with E-state index in [1.54, 1.807) is 0 Å². The van der Waals surface area contributed by atoms with Gasteiger partial charge in [-0.25, -0.2) is 0 Å². The van der Waals surface area contributed by atoms with Crippen LogP contribution >= 0.6 is 0 Å². The average molecular weight is 282 g/mol. The van der Waals surface area contributed by atoms with Crippen molar-refractivity contribution in [1.29, 1.82) is 0 Å². The summed E-state index contributed by atoms with van der Waals surface area (Å²) in [4.78, 5) is 21.0. The lowest BCUT2D eigenvalue weighted by atomic mass is 10.2. The molecule has 0 saturated carbocycles. The fourth-order valence-corrected chi connectivity index (χ4v) is 0.899. The Hall–Kier alpha value is -1.48. The average Bonchev–Trinajstić information content (AvgIpc) is 2.06. The molecule has 0 rings (SSSR count). The zero-order valence-corrected chi connectivity index (χ0v) is 8.73. The van der Waals surface area contributed by atoms with Gasteiger partial charge in [0, 0.05) is 12.8 Å². The second kappa shape index (κ2) is 6.45. The third kappa shape index (κ3) is 11.0. The normalized spacial score (nSPS) is 12.1. The van der Waals surface area contributed by atoms with Gasteiger partial charge in [-0.3, -0.25) is 9.59 Å². The Morgan fingerprint density at radius 3 is 1.22 bits per heavy atom. The molecule has 0 radical (unpaired) electrons. The summed E-state index contributed by atoms with van der Waals surface area (Å²) in [6.45, 7) is 0. The van der Waals surface area contributed by atoms with E-state index in [1.165, 1.54) is 0 Å². The van der Waals surface area contributed by atoms with Gasteiger partial charge in [-0.2, -0.15) is 0 Å². The van der Waals surface area contributed by atoms with Crippen molar-refractivity contribution < 1.29 is 45.4 Å². The van der Waals surface area contributed by atoms with E-state index in [-0.39, 0.29) is 12.8 Å². The van der Waals surface area contributed by atoms with E-state index >= 15 is 0 Å². The summed E-state index contributed by atoms with van der Waals surface area (Å²) < 4.78 is 74.9. The molecule has 18 heavy (non-hydrogen) atoms. The molecule has 0 aliphatic rings. The fraction of sp³-hybridized carbons (Fsp3) is 0.750. The number of carbonyl (C=O) groups is 2. The third-order valence-electron chi connectivity index (χ3n) is 1.47. The van der Waals surface area contributed by atoms with Gasteiger partial charge in [0.1, 0.15) is 0 Å². The predicted molar refractivity (Wildman–Crippen MR) is 42.8 cm³/mol. The van der Waals surface area contributed by atoms with Gasteiger partial charge < -0.3 is 9.47 Å². The van der Waals surface area contributed by atoms with E-state index in [2.05, 4.69) is 9.47 Å². The van der Waals surface area contributed by atoms with Crippen LogP contribution in [-0.4, -0.2) is 24.7 Å². The fourth-order valence-electron chi connectivity index (χ4n) is 0.899. The molecule has 0 heterocycles. The highest BCUT2D eigenvalue weighted by molar-refractivity contribution is 5.70. The number of alkyl halides is 6. The molecule has 0 N–H and O–H groups in total. The van der Waals surface area contributed by atoms with Gasteiger partial charge in [0.15, 0.2) is 0 Å². The van der Waals surface area contributed by atoms with Crippen LogP contribution in [0, 0.1) is 0 Å². The Morgan fingerprint density at radius 1 is 0.722 bits per heavy atom. The van der Waals surface area contributed by atoms with Gasteiger partial charge in [0.25, 0.3) is 0 Å². The van der Waals surface area contributed by atoms with E-state index in [4.69, 9.17) is 0 Å². The van der Waals surface area contributed by atoms with Crippen LogP contribution in [0.25, 0.3) is 0 Å². The summed E-state index contributed by atoms with van der Waals surface area (Å²) in [5.74, 6) is -3.13. The first kappa shape index (κ1) is 16.5. The number of carbonyl (C=O) groups excluding carboxylic acids is 2. The van der Waals surface area contributed by atoms with Crippen molar-refractivity contribution in [2.45, 2.75) is 38.4 Å². The Labute approximate surface area is 96.8 Å². The van der Waals surface area contributed by atoms with Gasteiger partial charge in [0.05, 0.1) is 0 Å². The van der Waals surface area contributed by atoms with Crippen LogP contribution in [0.3, 0.4) is 0 Å². The van der Waals surface area contributed by atoms with Crippen molar-refractivity contribution in [3.63, 3.8) is 0 Å². The van der Waals surface area contributed by atoms with Crippen molar-refractivity contribution >= 4 is 11.9 Å². The van der Waals surface area contributed by atoms with Crippen molar-refractivity contribution in [2.75, 3.05) is 0 Å². The Morgan fingerprint density at radius 2 is 1.00 bits per heavy atom. The number of unbranched alkanes of at least 4 members (excludes halogenated alkanes) is 1. The highest BCUT2D eigenvalue weighted by Crippen LogP contribution is 2.19. The SMILES string of the molecule is O=C(CCCCC(=O)OC(F)(F)F)OC(F)(F)F. The monoisotopic (exact) mass is 282 g/mol. The van der Waals surface area contributed by atoms with Crippen LogP contribution in [0.15, 0.2) is 0 Å². The van der Waals surface area contributed by atoms with E-state index in [0.29, 0.717) is 0 Å². The number of rotatable bonds is 5. The molecule has 0 unspecified atom stereocenters. The largest absolute Gasteiger partial charge is 0.575 e. The molecule has 0 aromatic carbocycles. The second-order valence-electron chi connectivity index (χ2n) is 3.05. The van der Waals surface area contributed by atoms with Gasteiger partial charge in [-0.05, 0) is 12.8 Å². The van der Waals surface area contributed by atoms with E-state index in [0.717, 1.165) is 0 Å². The topological polar surface area (TPSA) is 52.6 Å². The molecule has 0 aliphatic heterocycles. The maximum Gasteiger partial charge on any atom is 0.575 e. The molecule has 0 aromatic heterocycles. The second-order valence-corrected chi connectivity index (χ2v) is 3.05. The van der Waals surface area contributed by atoms with Crippen LogP contribution in [0.5, 0.6) is 0 Å². The molecular weight excluding hydrogens is 274 g/mol. The lowest BCUT2D eigenvalue weighted by Gasteiger charge is -2.08. The minimum absolute atomic E-state index is 0.220. The van der Waals surface area contributed by atoms with Gasteiger partial charge in [-0.15, -0.1) is 26.3 Å². The molecule has 4 nitrogen and oxygen atoms in total. The van der Waals surface area contributed by atoms with Crippen molar-refractivity contribution in [3.8, 4) is 0 Å². The molecule has 10 heteroatoms. The first-order valence-electron chi connectivity index (χ1n) is 4.57. The minimum atomic E-state index is -5.09. The molecule has 0 atom stereocenters. The lowest BCUT2D eigenvalue weighted by molar-refractivity contribution is -0.307. The molecule has 106 valence electrons. The summed E-state index contributed by atoms with van der Waals surface area (Å²) in [6.07, 6.45) is -11.9. The molecule has 0 fully saturated rings. The Kier molecular flexibility index (Phi) is 5.92. The molecule has 0 spiro atoms. The number of hydrogen-bond donors (Lipinski definition) is 0. The zero-order valence-electron chi connectivity index (χ0n) is 8.73. The highest BCUT2D eigenvalue weighted by atomic mass is 19.4. The number of halogens is 6. The van der Waals surface area contributed by atoms with Crippen LogP contribution in [0.1, 0.15) is 25.7 Å².